The quantitative estimate of drug-likeness (QED) is 0.852. The second-order valence-corrected chi connectivity index (χ2v) is 5.44. The normalized spacial score (nSPS) is 22.9. The van der Waals surface area contributed by atoms with Gasteiger partial charge in [0.1, 0.15) is 11.5 Å². The number of carbonyl (C=O) groups is 1. The third-order valence-electron chi connectivity index (χ3n) is 3.65. The highest BCUT2D eigenvalue weighted by molar-refractivity contribution is 5.92. The van der Waals surface area contributed by atoms with E-state index in [4.69, 9.17) is 4.74 Å². The first kappa shape index (κ1) is 14.1. The third kappa shape index (κ3) is 3.35. The molecule has 0 bridgehead atoms. The molecule has 2 rings (SSSR count). The highest BCUT2D eigenvalue weighted by atomic mass is 16.5. The summed E-state index contributed by atoms with van der Waals surface area (Å²) in [5.41, 5.74) is 0.539. The van der Waals surface area contributed by atoms with Crippen molar-refractivity contribution in [3.63, 3.8) is 0 Å². The molecule has 2 heterocycles. The van der Waals surface area contributed by atoms with Crippen LogP contribution < -0.4 is 5.32 Å². The van der Waals surface area contributed by atoms with E-state index in [0.717, 1.165) is 25.3 Å². The molecule has 0 saturated carbocycles. The molecule has 1 aromatic heterocycles. The van der Waals surface area contributed by atoms with Gasteiger partial charge in [-0.2, -0.15) is 0 Å². The summed E-state index contributed by atoms with van der Waals surface area (Å²) < 4.78 is 5.72. The Bertz CT molecular complexity index is 428. The molecule has 0 radical (unpaired) electrons. The van der Waals surface area contributed by atoms with Crippen LogP contribution in [0.25, 0.3) is 0 Å². The maximum atomic E-state index is 12.0. The number of aromatic nitrogens is 2. The van der Waals surface area contributed by atoms with Crippen LogP contribution in [0, 0.1) is 11.8 Å². The predicted octanol–water partition coefficient (Wildman–Crippen LogP) is 1.76. The number of rotatable bonds is 5. The lowest BCUT2D eigenvalue weighted by atomic mass is 9.93. The Labute approximate surface area is 114 Å². The Morgan fingerprint density at radius 1 is 1.63 bits per heavy atom. The van der Waals surface area contributed by atoms with Crippen molar-refractivity contribution in [1.82, 2.24) is 15.3 Å². The van der Waals surface area contributed by atoms with Crippen molar-refractivity contribution < 1.29 is 9.53 Å². The summed E-state index contributed by atoms with van der Waals surface area (Å²) in [5, 5.41) is 2.97. The molecular weight excluding hydrogens is 242 g/mol. The number of H-pyrrole nitrogens is 1. The topological polar surface area (TPSA) is 67.0 Å². The molecule has 0 spiro atoms. The van der Waals surface area contributed by atoms with Gasteiger partial charge < -0.3 is 15.0 Å². The molecule has 1 aliphatic rings. The second kappa shape index (κ2) is 6.19. The van der Waals surface area contributed by atoms with E-state index < -0.39 is 0 Å². The summed E-state index contributed by atoms with van der Waals surface area (Å²) in [6, 6.07) is 0. The number of carbonyl (C=O) groups excluding carboxylic acids is 1. The SMILES string of the molecule is CCc1ncc(C(=O)NC[C@H]2CCO[C@@H]2C(C)C)[nH]1. The molecule has 2 atom stereocenters. The lowest BCUT2D eigenvalue weighted by Crippen LogP contribution is -2.35. The average molecular weight is 265 g/mol. The second-order valence-electron chi connectivity index (χ2n) is 5.44. The molecule has 1 amide bonds. The molecule has 0 unspecified atom stereocenters. The van der Waals surface area contributed by atoms with Crippen LogP contribution in [0.4, 0.5) is 0 Å². The Hall–Kier alpha value is -1.36. The van der Waals surface area contributed by atoms with Crippen LogP contribution >= 0.6 is 0 Å². The van der Waals surface area contributed by atoms with E-state index in [1.54, 1.807) is 6.20 Å². The summed E-state index contributed by atoms with van der Waals surface area (Å²) >= 11 is 0. The number of imidazole rings is 1. The lowest BCUT2D eigenvalue weighted by molar-refractivity contribution is 0.0533. The first-order chi connectivity index (χ1) is 9.11. The highest BCUT2D eigenvalue weighted by Gasteiger charge is 2.30. The van der Waals surface area contributed by atoms with Gasteiger partial charge in [0.15, 0.2) is 0 Å². The summed E-state index contributed by atoms with van der Waals surface area (Å²) in [7, 11) is 0. The van der Waals surface area contributed by atoms with Crippen LogP contribution in [0.5, 0.6) is 0 Å². The Balaban J connectivity index is 1.86. The molecule has 1 saturated heterocycles. The molecule has 0 aromatic carbocycles. The van der Waals surface area contributed by atoms with E-state index in [9.17, 15) is 4.79 Å². The van der Waals surface area contributed by atoms with Crippen molar-refractivity contribution in [3.8, 4) is 0 Å². The van der Waals surface area contributed by atoms with Gasteiger partial charge in [0.25, 0.3) is 5.91 Å². The van der Waals surface area contributed by atoms with Crippen LogP contribution in [-0.2, 0) is 11.2 Å². The summed E-state index contributed by atoms with van der Waals surface area (Å²) in [5.74, 6) is 1.66. The van der Waals surface area contributed by atoms with Gasteiger partial charge >= 0.3 is 0 Å². The fraction of sp³-hybridized carbons (Fsp3) is 0.714. The molecule has 2 N–H and O–H groups in total. The van der Waals surface area contributed by atoms with Crippen LogP contribution in [0.15, 0.2) is 6.20 Å². The number of hydrogen-bond acceptors (Lipinski definition) is 3. The lowest BCUT2D eigenvalue weighted by Gasteiger charge is -2.22. The number of aromatic amines is 1. The van der Waals surface area contributed by atoms with Crippen LogP contribution in [0.1, 0.15) is 43.5 Å². The zero-order valence-corrected chi connectivity index (χ0v) is 11.9. The first-order valence-corrected chi connectivity index (χ1v) is 7.05. The fourth-order valence-corrected chi connectivity index (χ4v) is 2.59. The number of nitrogens with one attached hydrogen (secondary N) is 2. The van der Waals surface area contributed by atoms with Crippen molar-refractivity contribution in [2.24, 2.45) is 11.8 Å². The molecule has 5 heteroatoms. The molecule has 1 fully saturated rings. The fourth-order valence-electron chi connectivity index (χ4n) is 2.59. The van der Waals surface area contributed by atoms with E-state index >= 15 is 0 Å². The van der Waals surface area contributed by atoms with Crippen molar-refractivity contribution in [2.75, 3.05) is 13.2 Å². The van der Waals surface area contributed by atoms with Gasteiger partial charge in [-0.1, -0.05) is 20.8 Å². The summed E-state index contributed by atoms with van der Waals surface area (Å²) in [6.07, 6.45) is 3.68. The number of hydrogen-bond donors (Lipinski definition) is 2. The van der Waals surface area contributed by atoms with Gasteiger partial charge in [-0.25, -0.2) is 4.98 Å². The monoisotopic (exact) mass is 265 g/mol. The molecule has 19 heavy (non-hydrogen) atoms. The number of amides is 1. The van der Waals surface area contributed by atoms with Gasteiger partial charge in [0.2, 0.25) is 0 Å². The minimum atomic E-state index is -0.0818. The third-order valence-corrected chi connectivity index (χ3v) is 3.65. The van der Waals surface area contributed by atoms with Crippen LogP contribution in [0.2, 0.25) is 0 Å². The van der Waals surface area contributed by atoms with Gasteiger partial charge in [0, 0.05) is 25.5 Å². The van der Waals surface area contributed by atoms with E-state index in [1.807, 2.05) is 6.92 Å². The minimum absolute atomic E-state index is 0.0818. The number of nitrogens with zero attached hydrogens (tertiary/aromatic N) is 1. The summed E-state index contributed by atoms with van der Waals surface area (Å²) in [4.78, 5) is 19.1. The van der Waals surface area contributed by atoms with E-state index in [1.165, 1.54) is 0 Å². The molecule has 1 aromatic rings. The zero-order chi connectivity index (χ0) is 13.8. The smallest absolute Gasteiger partial charge is 0.269 e. The Kier molecular flexibility index (Phi) is 4.58. The van der Waals surface area contributed by atoms with Crippen molar-refractivity contribution in [3.05, 3.63) is 17.7 Å². The van der Waals surface area contributed by atoms with E-state index in [2.05, 4.69) is 29.1 Å². The standard InChI is InChI=1S/C14H23N3O2/c1-4-12-15-8-11(17-12)14(18)16-7-10-5-6-19-13(10)9(2)3/h8-10,13H,4-7H2,1-3H3,(H,15,17)(H,16,18)/t10-,13-/m1/s1. The van der Waals surface area contributed by atoms with E-state index in [-0.39, 0.29) is 12.0 Å². The maximum absolute atomic E-state index is 12.0. The Morgan fingerprint density at radius 2 is 2.42 bits per heavy atom. The molecule has 106 valence electrons. The van der Waals surface area contributed by atoms with Gasteiger partial charge in [0.05, 0.1) is 12.3 Å². The zero-order valence-electron chi connectivity index (χ0n) is 11.9. The van der Waals surface area contributed by atoms with Gasteiger partial charge in [-0.15, -0.1) is 0 Å². The average Bonchev–Trinajstić information content (AvgIpc) is 3.04. The van der Waals surface area contributed by atoms with E-state index in [0.29, 0.717) is 24.1 Å². The van der Waals surface area contributed by atoms with Crippen LogP contribution in [0.3, 0.4) is 0 Å². The molecule has 1 aliphatic heterocycles. The van der Waals surface area contributed by atoms with Crippen molar-refractivity contribution >= 4 is 5.91 Å². The molecule has 0 aliphatic carbocycles. The molecule has 5 nitrogen and oxygen atoms in total. The minimum Gasteiger partial charge on any atom is -0.378 e. The Morgan fingerprint density at radius 3 is 3.05 bits per heavy atom. The molecular formula is C14H23N3O2. The van der Waals surface area contributed by atoms with Gasteiger partial charge in [-0.05, 0) is 12.3 Å². The van der Waals surface area contributed by atoms with Crippen molar-refractivity contribution in [2.45, 2.75) is 39.7 Å². The largest absolute Gasteiger partial charge is 0.378 e. The highest BCUT2D eigenvalue weighted by Crippen LogP contribution is 2.26. The summed E-state index contributed by atoms with van der Waals surface area (Å²) in [6.45, 7) is 7.79. The van der Waals surface area contributed by atoms with Gasteiger partial charge in [-0.3, -0.25) is 4.79 Å². The number of ether oxygens (including phenoxy) is 1. The maximum Gasteiger partial charge on any atom is 0.269 e. The number of aryl methyl sites for hydroxylation is 1. The first-order valence-electron chi connectivity index (χ1n) is 7.05. The van der Waals surface area contributed by atoms with Crippen molar-refractivity contribution in [1.29, 1.82) is 0 Å². The predicted molar refractivity (Wildman–Crippen MR) is 73.0 cm³/mol. The van der Waals surface area contributed by atoms with Crippen LogP contribution in [-0.4, -0.2) is 35.1 Å².